The van der Waals surface area contributed by atoms with Gasteiger partial charge in [0, 0.05) is 65.8 Å². The van der Waals surface area contributed by atoms with Gasteiger partial charge in [-0.05, 0) is 56.2 Å². The van der Waals surface area contributed by atoms with E-state index in [0.717, 1.165) is 58.1 Å². The van der Waals surface area contributed by atoms with Crippen LogP contribution in [0.1, 0.15) is 44.1 Å². The quantitative estimate of drug-likeness (QED) is 0.239. The number of ether oxygens (including phenoxy) is 2. The summed E-state index contributed by atoms with van der Waals surface area (Å²) in [5.41, 5.74) is 2.65. The first-order valence-electron chi connectivity index (χ1n) is 11.2. The van der Waals surface area contributed by atoms with Crippen LogP contribution in [0, 0.1) is 0 Å². The lowest BCUT2D eigenvalue weighted by atomic mass is 10.1. The van der Waals surface area contributed by atoms with Gasteiger partial charge in [-0.3, -0.25) is 4.99 Å². The average Bonchev–Trinajstić information content (AvgIpc) is 2.78. The zero-order valence-corrected chi connectivity index (χ0v) is 21.0. The predicted molar refractivity (Wildman–Crippen MR) is 135 cm³/mol. The van der Waals surface area contributed by atoms with Crippen LogP contribution in [0.5, 0.6) is 0 Å². The summed E-state index contributed by atoms with van der Waals surface area (Å²) in [5, 5.41) is 3.45. The molecule has 1 aromatic carbocycles. The Morgan fingerprint density at radius 1 is 1.17 bits per heavy atom. The molecule has 0 spiro atoms. The van der Waals surface area contributed by atoms with Gasteiger partial charge in [0.2, 0.25) is 0 Å². The molecule has 1 N–H and O–H groups in total. The summed E-state index contributed by atoms with van der Waals surface area (Å²) >= 11 is 0. The van der Waals surface area contributed by atoms with Gasteiger partial charge < -0.3 is 24.6 Å². The van der Waals surface area contributed by atoms with E-state index in [-0.39, 0.29) is 24.0 Å². The molecule has 0 aromatic heterocycles. The number of piperidine rings is 1. The fourth-order valence-electron chi connectivity index (χ4n) is 4.06. The zero-order valence-electron chi connectivity index (χ0n) is 18.6. The number of hydrogen-bond acceptors (Lipinski definition) is 4. The lowest BCUT2D eigenvalue weighted by molar-refractivity contribution is -0.0320. The standard InChI is InChI=1S/C23H38N4O2.HI/c1-24-23(25-13-6-16-29-22-11-17-28-18-12-22)26(2)19-20-7-9-21(10-8-20)27-14-4-3-5-15-27;/h7-10,22H,3-6,11-19H2,1-2H3,(H,24,25);1H. The summed E-state index contributed by atoms with van der Waals surface area (Å²) < 4.78 is 11.3. The molecular formula is C23H39IN4O2. The first-order valence-corrected chi connectivity index (χ1v) is 11.2. The zero-order chi connectivity index (χ0) is 20.3. The van der Waals surface area contributed by atoms with E-state index in [2.05, 4.69) is 51.4 Å². The van der Waals surface area contributed by atoms with Crippen LogP contribution < -0.4 is 10.2 Å². The van der Waals surface area contributed by atoms with Gasteiger partial charge in [-0.1, -0.05) is 12.1 Å². The predicted octanol–water partition coefficient (Wildman–Crippen LogP) is 3.89. The SMILES string of the molecule is CN=C(NCCCOC1CCOCC1)N(C)Cc1ccc(N2CCCCC2)cc1.I. The van der Waals surface area contributed by atoms with Crippen LogP contribution in [0.15, 0.2) is 29.3 Å². The van der Waals surface area contributed by atoms with Crippen molar-refractivity contribution in [3.05, 3.63) is 29.8 Å². The largest absolute Gasteiger partial charge is 0.381 e. The molecule has 1 aromatic rings. The van der Waals surface area contributed by atoms with Gasteiger partial charge >= 0.3 is 0 Å². The van der Waals surface area contributed by atoms with E-state index in [1.165, 1.54) is 43.6 Å². The minimum atomic E-state index is 0. The highest BCUT2D eigenvalue weighted by Gasteiger charge is 2.14. The number of hydrogen-bond donors (Lipinski definition) is 1. The first kappa shape index (κ1) is 25.2. The van der Waals surface area contributed by atoms with E-state index in [1.807, 2.05) is 7.05 Å². The molecule has 2 fully saturated rings. The molecule has 0 amide bonds. The molecule has 2 heterocycles. The van der Waals surface area contributed by atoms with Crippen LogP contribution in [0.3, 0.4) is 0 Å². The van der Waals surface area contributed by atoms with Crippen LogP contribution >= 0.6 is 24.0 Å². The molecule has 2 aliphatic rings. The molecule has 2 aliphatic heterocycles. The van der Waals surface area contributed by atoms with Crippen molar-refractivity contribution in [2.75, 3.05) is 58.5 Å². The van der Waals surface area contributed by atoms with Crippen molar-refractivity contribution >= 4 is 35.6 Å². The summed E-state index contributed by atoms with van der Waals surface area (Å²) in [4.78, 5) is 9.10. The maximum absolute atomic E-state index is 5.94. The Hall–Kier alpha value is -1.06. The number of halogens is 1. The van der Waals surface area contributed by atoms with Crippen LogP contribution in [0.4, 0.5) is 5.69 Å². The topological polar surface area (TPSA) is 49.3 Å². The smallest absolute Gasteiger partial charge is 0.193 e. The van der Waals surface area contributed by atoms with Crippen molar-refractivity contribution in [2.45, 2.75) is 51.2 Å². The molecule has 2 saturated heterocycles. The third kappa shape index (κ3) is 8.23. The Bertz CT molecular complexity index is 614. The fraction of sp³-hybridized carbons (Fsp3) is 0.696. The normalized spacial score (nSPS) is 18.1. The Morgan fingerprint density at radius 3 is 2.53 bits per heavy atom. The monoisotopic (exact) mass is 530 g/mol. The van der Waals surface area contributed by atoms with E-state index in [0.29, 0.717) is 6.10 Å². The molecule has 0 radical (unpaired) electrons. The van der Waals surface area contributed by atoms with Crippen molar-refractivity contribution in [3.8, 4) is 0 Å². The number of aliphatic imine (C=N–C) groups is 1. The number of guanidine groups is 1. The van der Waals surface area contributed by atoms with Crippen molar-refractivity contribution in [1.82, 2.24) is 10.2 Å². The van der Waals surface area contributed by atoms with Gasteiger partial charge in [-0.25, -0.2) is 0 Å². The number of rotatable bonds is 8. The van der Waals surface area contributed by atoms with Gasteiger partial charge in [-0.2, -0.15) is 0 Å². The van der Waals surface area contributed by atoms with Crippen LogP contribution in [-0.2, 0) is 16.0 Å². The Labute approximate surface area is 199 Å². The fourth-order valence-corrected chi connectivity index (χ4v) is 4.06. The van der Waals surface area contributed by atoms with Crippen LogP contribution in [0.25, 0.3) is 0 Å². The molecule has 6 nitrogen and oxygen atoms in total. The van der Waals surface area contributed by atoms with Gasteiger partial charge in [0.25, 0.3) is 0 Å². The molecule has 0 unspecified atom stereocenters. The van der Waals surface area contributed by atoms with Crippen molar-refractivity contribution < 1.29 is 9.47 Å². The molecule has 30 heavy (non-hydrogen) atoms. The van der Waals surface area contributed by atoms with Gasteiger partial charge in [0.1, 0.15) is 0 Å². The van der Waals surface area contributed by atoms with E-state index in [1.54, 1.807) is 0 Å². The molecular weight excluding hydrogens is 491 g/mol. The number of nitrogens with zero attached hydrogens (tertiary/aromatic N) is 3. The van der Waals surface area contributed by atoms with Gasteiger partial charge in [0.05, 0.1) is 6.10 Å². The lowest BCUT2D eigenvalue weighted by Crippen LogP contribution is -2.39. The summed E-state index contributed by atoms with van der Waals surface area (Å²) in [6.45, 7) is 6.55. The first-order chi connectivity index (χ1) is 14.3. The highest BCUT2D eigenvalue weighted by molar-refractivity contribution is 14.0. The van der Waals surface area contributed by atoms with E-state index < -0.39 is 0 Å². The molecule has 0 bridgehead atoms. The summed E-state index contributed by atoms with van der Waals surface area (Å²) in [7, 11) is 3.93. The summed E-state index contributed by atoms with van der Waals surface area (Å²) in [6.07, 6.45) is 7.39. The minimum absolute atomic E-state index is 0. The highest BCUT2D eigenvalue weighted by atomic mass is 127. The second-order valence-corrected chi connectivity index (χ2v) is 8.08. The molecule has 0 saturated carbocycles. The maximum atomic E-state index is 5.94. The summed E-state index contributed by atoms with van der Waals surface area (Å²) in [6, 6.07) is 9.02. The Balaban J connectivity index is 0.00000320. The molecule has 0 atom stereocenters. The van der Waals surface area contributed by atoms with Gasteiger partial charge in [-0.15, -0.1) is 24.0 Å². The van der Waals surface area contributed by atoms with Gasteiger partial charge in [0.15, 0.2) is 5.96 Å². The number of benzene rings is 1. The Morgan fingerprint density at radius 2 is 1.87 bits per heavy atom. The molecule has 170 valence electrons. The molecule has 7 heteroatoms. The second-order valence-electron chi connectivity index (χ2n) is 8.08. The third-order valence-corrected chi connectivity index (χ3v) is 5.78. The van der Waals surface area contributed by atoms with Crippen LogP contribution in [0.2, 0.25) is 0 Å². The van der Waals surface area contributed by atoms with Crippen molar-refractivity contribution in [2.24, 2.45) is 4.99 Å². The van der Waals surface area contributed by atoms with Crippen molar-refractivity contribution in [1.29, 1.82) is 0 Å². The van der Waals surface area contributed by atoms with Crippen LogP contribution in [-0.4, -0.2) is 70.5 Å². The van der Waals surface area contributed by atoms with Crippen molar-refractivity contribution in [3.63, 3.8) is 0 Å². The lowest BCUT2D eigenvalue weighted by Gasteiger charge is -2.29. The Kier molecular flexibility index (Phi) is 11.8. The van der Waals surface area contributed by atoms with E-state index in [9.17, 15) is 0 Å². The third-order valence-electron chi connectivity index (χ3n) is 5.78. The maximum Gasteiger partial charge on any atom is 0.193 e. The summed E-state index contributed by atoms with van der Waals surface area (Å²) in [5.74, 6) is 0.927. The molecule has 0 aliphatic carbocycles. The average molecular weight is 530 g/mol. The number of nitrogens with one attached hydrogen (secondary N) is 1. The highest BCUT2D eigenvalue weighted by Crippen LogP contribution is 2.20. The minimum Gasteiger partial charge on any atom is -0.381 e. The number of anilines is 1. The molecule has 3 rings (SSSR count). The van der Waals surface area contributed by atoms with E-state index >= 15 is 0 Å². The van der Waals surface area contributed by atoms with E-state index in [4.69, 9.17) is 9.47 Å². The second kappa shape index (κ2) is 14.1.